The van der Waals surface area contributed by atoms with Gasteiger partial charge >= 0.3 is 0 Å². The van der Waals surface area contributed by atoms with E-state index in [-0.39, 0.29) is 28.6 Å². The van der Waals surface area contributed by atoms with Crippen molar-refractivity contribution in [2.24, 2.45) is 5.73 Å². The third kappa shape index (κ3) is 5.90. The van der Waals surface area contributed by atoms with E-state index in [1.165, 1.54) is 11.0 Å². The number of carbonyl (C=O) groups is 1. The van der Waals surface area contributed by atoms with Gasteiger partial charge in [0, 0.05) is 10.4 Å². The van der Waals surface area contributed by atoms with E-state index in [9.17, 15) is 13.2 Å². The molecule has 0 spiro atoms. The molecule has 0 aliphatic carbocycles. The van der Waals surface area contributed by atoms with Crippen molar-refractivity contribution in [3.8, 4) is 11.5 Å². The largest absolute Gasteiger partial charge is 0.420 e. The molecule has 1 aromatic heterocycles. The average molecular weight is 564 g/mol. The van der Waals surface area contributed by atoms with Crippen LogP contribution in [-0.2, 0) is 26.6 Å². The SMILES string of the molecule is CN(C)CCCC(C)(C)c1nnc(-c2cc3c(cc2F)S(=O)(=O)C[C@H](N)C(=O)N3Cc2ccc(Cl)cc2)o1. The van der Waals surface area contributed by atoms with Crippen LogP contribution in [0.25, 0.3) is 11.5 Å². The van der Waals surface area contributed by atoms with Gasteiger partial charge in [-0.3, -0.25) is 4.79 Å². The quantitative estimate of drug-likeness (QED) is 0.439. The van der Waals surface area contributed by atoms with Crippen LogP contribution in [0.5, 0.6) is 0 Å². The summed E-state index contributed by atoms with van der Waals surface area (Å²) >= 11 is 5.99. The number of rotatable bonds is 8. The predicted octanol–water partition coefficient (Wildman–Crippen LogP) is 3.80. The van der Waals surface area contributed by atoms with Crippen LogP contribution in [0.15, 0.2) is 45.7 Å². The van der Waals surface area contributed by atoms with Crippen molar-refractivity contribution in [1.82, 2.24) is 15.1 Å². The van der Waals surface area contributed by atoms with Crippen molar-refractivity contribution in [2.75, 3.05) is 31.3 Å². The summed E-state index contributed by atoms with van der Waals surface area (Å²) in [5.74, 6) is -1.87. The molecule has 1 aliphatic rings. The van der Waals surface area contributed by atoms with Gasteiger partial charge in [0.1, 0.15) is 5.82 Å². The van der Waals surface area contributed by atoms with Gasteiger partial charge in [-0.25, -0.2) is 12.8 Å². The fraction of sp³-hybridized carbons (Fsp3) is 0.423. The monoisotopic (exact) mass is 563 g/mol. The fourth-order valence-corrected chi connectivity index (χ4v) is 6.06. The number of nitrogens with two attached hydrogens (primary N) is 1. The van der Waals surface area contributed by atoms with Crippen LogP contribution in [-0.4, -0.2) is 61.9 Å². The number of benzene rings is 2. The molecule has 0 fully saturated rings. The van der Waals surface area contributed by atoms with Gasteiger partial charge < -0.3 is 20.0 Å². The van der Waals surface area contributed by atoms with Crippen LogP contribution in [0.4, 0.5) is 10.1 Å². The molecular weight excluding hydrogens is 533 g/mol. The van der Waals surface area contributed by atoms with Crippen molar-refractivity contribution in [2.45, 2.75) is 49.6 Å². The summed E-state index contributed by atoms with van der Waals surface area (Å²) in [7, 11) is -0.0826. The molecule has 0 saturated heterocycles. The number of amides is 1. The molecule has 0 unspecified atom stereocenters. The van der Waals surface area contributed by atoms with Crippen molar-refractivity contribution in [3.63, 3.8) is 0 Å². The molecule has 2 N–H and O–H groups in total. The zero-order chi connectivity index (χ0) is 27.8. The van der Waals surface area contributed by atoms with E-state index in [0.717, 1.165) is 25.5 Å². The normalized spacial score (nSPS) is 17.5. The number of carbonyl (C=O) groups excluding carboxylic acids is 1. The maximum atomic E-state index is 15.4. The van der Waals surface area contributed by atoms with Gasteiger partial charge in [0.2, 0.25) is 11.8 Å². The van der Waals surface area contributed by atoms with Crippen LogP contribution in [0.3, 0.4) is 0 Å². The number of aromatic nitrogens is 2. The standard InChI is InChI=1S/C26H31ClFN5O4S/c1-26(2,10-5-11-32(3)4)25-31-30-23(37-25)18-12-21-22(13-19(18)28)38(35,36)15-20(29)24(34)33(21)14-16-6-8-17(27)9-7-16/h6-9,12-13,20H,5,10-11,14-15,29H2,1-4H3/t20-/m0/s1. The Labute approximate surface area is 226 Å². The average Bonchev–Trinajstić information content (AvgIpc) is 3.31. The number of hydrogen-bond donors (Lipinski definition) is 1. The summed E-state index contributed by atoms with van der Waals surface area (Å²) in [6, 6.07) is 7.60. The minimum Gasteiger partial charge on any atom is -0.420 e. The van der Waals surface area contributed by atoms with E-state index < -0.39 is 38.8 Å². The molecule has 9 nitrogen and oxygen atoms in total. The summed E-state index contributed by atoms with van der Waals surface area (Å²) in [4.78, 5) is 16.3. The van der Waals surface area contributed by atoms with Crippen molar-refractivity contribution in [1.29, 1.82) is 0 Å². The van der Waals surface area contributed by atoms with Crippen molar-refractivity contribution in [3.05, 3.63) is 58.7 Å². The lowest BCUT2D eigenvalue weighted by atomic mass is 9.87. The Kier molecular flexibility index (Phi) is 7.94. The first-order valence-electron chi connectivity index (χ1n) is 12.2. The minimum absolute atomic E-state index is 0.000654. The lowest BCUT2D eigenvalue weighted by Gasteiger charge is -2.24. The van der Waals surface area contributed by atoms with Crippen LogP contribution >= 0.6 is 11.6 Å². The highest BCUT2D eigenvalue weighted by atomic mass is 35.5. The predicted molar refractivity (Wildman–Crippen MR) is 143 cm³/mol. The van der Waals surface area contributed by atoms with Gasteiger partial charge in [0.15, 0.2) is 9.84 Å². The molecule has 4 rings (SSSR count). The molecule has 2 aromatic carbocycles. The summed E-state index contributed by atoms with van der Waals surface area (Å²) in [5, 5.41) is 8.73. The second-order valence-corrected chi connectivity index (χ2v) is 12.9. The third-order valence-corrected chi connectivity index (χ3v) is 8.60. The maximum absolute atomic E-state index is 15.4. The molecule has 38 heavy (non-hydrogen) atoms. The summed E-state index contributed by atoms with van der Waals surface area (Å²) in [5.41, 5.74) is 6.09. The van der Waals surface area contributed by atoms with Crippen LogP contribution in [0, 0.1) is 5.82 Å². The molecule has 204 valence electrons. The lowest BCUT2D eigenvalue weighted by Crippen LogP contribution is -2.45. The summed E-state index contributed by atoms with van der Waals surface area (Å²) in [6.45, 7) is 4.82. The zero-order valence-electron chi connectivity index (χ0n) is 21.7. The van der Waals surface area contributed by atoms with Crippen LogP contribution in [0.2, 0.25) is 5.02 Å². The van der Waals surface area contributed by atoms with Gasteiger partial charge in [0.25, 0.3) is 5.89 Å². The third-order valence-electron chi connectivity index (χ3n) is 6.55. The number of halogens is 2. The van der Waals surface area contributed by atoms with Gasteiger partial charge in [-0.05, 0) is 63.3 Å². The Morgan fingerprint density at radius 1 is 1.21 bits per heavy atom. The molecule has 1 atom stereocenters. The van der Waals surface area contributed by atoms with E-state index in [2.05, 4.69) is 15.1 Å². The highest BCUT2D eigenvalue weighted by molar-refractivity contribution is 7.91. The molecule has 2 heterocycles. The maximum Gasteiger partial charge on any atom is 0.250 e. The van der Waals surface area contributed by atoms with E-state index in [0.29, 0.717) is 16.5 Å². The van der Waals surface area contributed by atoms with Crippen molar-refractivity contribution < 1.29 is 22.0 Å². The van der Waals surface area contributed by atoms with Gasteiger partial charge in [-0.15, -0.1) is 10.2 Å². The first-order valence-corrected chi connectivity index (χ1v) is 14.2. The Hall–Kier alpha value is -2.86. The zero-order valence-corrected chi connectivity index (χ0v) is 23.3. The molecule has 12 heteroatoms. The number of anilines is 1. The van der Waals surface area contributed by atoms with Gasteiger partial charge in [-0.2, -0.15) is 0 Å². The smallest absolute Gasteiger partial charge is 0.250 e. The number of nitrogens with zero attached hydrogens (tertiary/aromatic N) is 4. The molecule has 0 saturated carbocycles. The Balaban J connectivity index is 1.77. The van der Waals surface area contributed by atoms with E-state index in [1.807, 2.05) is 27.9 Å². The van der Waals surface area contributed by atoms with Crippen LogP contribution < -0.4 is 10.6 Å². The minimum atomic E-state index is -4.07. The topological polar surface area (TPSA) is 123 Å². The number of sulfone groups is 1. The highest BCUT2D eigenvalue weighted by Crippen LogP contribution is 2.38. The molecule has 0 bridgehead atoms. The first-order chi connectivity index (χ1) is 17.8. The highest BCUT2D eigenvalue weighted by Gasteiger charge is 2.38. The lowest BCUT2D eigenvalue weighted by molar-refractivity contribution is -0.119. The van der Waals surface area contributed by atoms with E-state index in [4.69, 9.17) is 21.8 Å². The van der Waals surface area contributed by atoms with Crippen LogP contribution in [0.1, 0.15) is 38.1 Å². The first kappa shape index (κ1) is 28.2. The number of hydrogen-bond acceptors (Lipinski definition) is 8. The Bertz CT molecular complexity index is 1440. The Morgan fingerprint density at radius 2 is 1.89 bits per heavy atom. The molecule has 3 aromatic rings. The summed E-state index contributed by atoms with van der Waals surface area (Å²) in [6.07, 6.45) is 1.66. The molecule has 1 amide bonds. The van der Waals surface area contributed by atoms with E-state index in [1.54, 1.807) is 24.3 Å². The molecule has 1 aliphatic heterocycles. The molecular formula is C26H31ClFN5O4S. The molecule has 0 radical (unpaired) electrons. The summed E-state index contributed by atoms with van der Waals surface area (Å²) < 4.78 is 47.4. The Morgan fingerprint density at radius 3 is 2.55 bits per heavy atom. The second kappa shape index (κ2) is 10.7. The van der Waals surface area contributed by atoms with Gasteiger partial charge in [0.05, 0.1) is 34.5 Å². The van der Waals surface area contributed by atoms with Gasteiger partial charge in [-0.1, -0.05) is 37.6 Å². The fourth-order valence-electron chi connectivity index (χ4n) is 4.37. The second-order valence-electron chi connectivity index (χ2n) is 10.4. The number of fused-ring (bicyclic) bond motifs is 1. The van der Waals surface area contributed by atoms with Crippen molar-refractivity contribution >= 4 is 33.0 Å². The van der Waals surface area contributed by atoms with E-state index >= 15 is 4.39 Å².